The van der Waals surface area contributed by atoms with Crippen molar-refractivity contribution in [2.75, 3.05) is 13.2 Å². The summed E-state index contributed by atoms with van der Waals surface area (Å²) in [7, 11) is -4.54. The average molecular weight is 446 g/mol. The lowest BCUT2D eigenvalue weighted by atomic mass is 10.1. The number of halogens is 4. The molecule has 2 aromatic carbocycles. The molecular formula is C20H22F4N2O3S. The number of rotatable bonds is 7. The predicted molar refractivity (Wildman–Crippen MR) is 102 cm³/mol. The van der Waals surface area contributed by atoms with E-state index >= 15 is 0 Å². The summed E-state index contributed by atoms with van der Waals surface area (Å²) in [6.45, 7) is 1.10. The molecule has 0 amide bonds. The molecule has 0 radical (unpaired) electrons. The number of sulfonamides is 1. The van der Waals surface area contributed by atoms with E-state index in [9.17, 15) is 31.1 Å². The summed E-state index contributed by atoms with van der Waals surface area (Å²) in [6.07, 6.45) is -3.19. The van der Waals surface area contributed by atoms with Crippen molar-refractivity contribution in [3.05, 3.63) is 65.0 Å². The number of likely N-dealkylation sites (tertiary alicyclic amines) is 1. The second-order valence-electron chi connectivity index (χ2n) is 7.18. The molecule has 0 spiro atoms. The first-order valence-electron chi connectivity index (χ1n) is 9.40. The van der Waals surface area contributed by atoms with Crippen LogP contribution in [-0.4, -0.2) is 37.6 Å². The summed E-state index contributed by atoms with van der Waals surface area (Å²) < 4.78 is 80.2. The highest BCUT2D eigenvalue weighted by molar-refractivity contribution is 7.89. The van der Waals surface area contributed by atoms with Gasteiger partial charge in [-0.15, -0.1) is 0 Å². The van der Waals surface area contributed by atoms with Crippen molar-refractivity contribution in [2.24, 2.45) is 0 Å². The Labute approximate surface area is 172 Å². The number of nitrogens with zero attached hydrogens (tertiary/aromatic N) is 1. The van der Waals surface area contributed by atoms with Crippen LogP contribution in [0.25, 0.3) is 0 Å². The van der Waals surface area contributed by atoms with Crippen LogP contribution in [0.5, 0.6) is 0 Å². The summed E-state index contributed by atoms with van der Waals surface area (Å²) in [6, 6.07) is 8.50. The van der Waals surface area contributed by atoms with Crippen LogP contribution in [0.1, 0.15) is 29.5 Å². The van der Waals surface area contributed by atoms with Gasteiger partial charge in [0, 0.05) is 19.1 Å². The number of benzene rings is 2. The van der Waals surface area contributed by atoms with Gasteiger partial charge < -0.3 is 5.11 Å². The maximum absolute atomic E-state index is 13.3. The van der Waals surface area contributed by atoms with Crippen LogP contribution < -0.4 is 4.72 Å². The van der Waals surface area contributed by atoms with Gasteiger partial charge in [-0.25, -0.2) is 17.5 Å². The molecule has 164 valence electrons. The van der Waals surface area contributed by atoms with Crippen molar-refractivity contribution in [1.29, 1.82) is 0 Å². The lowest BCUT2D eigenvalue weighted by Gasteiger charge is -2.24. The third-order valence-electron chi connectivity index (χ3n) is 5.19. The van der Waals surface area contributed by atoms with Crippen molar-refractivity contribution in [3.8, 4) is 0 Å². The van der Waals surface area contributed by atoms with Crippen LogP contribution in [0.4, 0.5) is 17.6 Å². The first kappa shape index (κ1) is 22.7. The maximum atomic E-state index is 13.3. The lowest BCUT2D eigenvalue weighted by molar-refractivity contribution is -0.140. The monoisotopic (exact) mass is 446 g/mol. The van der Waals surface area contributed by atoms with Gasteiger partial charge >= 0.3 is 6.18 Å². The Balaban J connectivity index is 1.81. The van der Waals surface area contributed by atoms with Gasteiger partial charge in [-0.1, -0.05) is 24.3 Å². The van der Waals surface area contributed by atoms with E-state index in [2.05, 4.69) is 9.62 Å². The average Bonchev–Trinajstić information content (AvgIpc) is 3.13. The summed E-state index contributed by atoms with van der Waals surface area (Å²) in [5.74, 6) is -1.17. The zero-order valence-electron chi connectivity index (χ0n) is 16.0. The SMILES string of the molecule is O=S(=O)(NCc1ccccc1CN1CCC[C@H]1CO)c1ccc(F)cc1C(F)(F)F. The number of hydrogen-bond acceptors (Lipinski definition) is 4. The third kappa shape index (κ3) is 5.18. The zero-order valence-corrected chi connectivity index (χ0v) is 16.8. The minimum Gasteiger partial charge on any atom is -0.395 e. The molecule has 1 aliphatic rings. The molecule has 0 aliphatic carbocycles. The molecule has 5 nitrogen and oxygen atoms in total. The molecule has 10 heteroatoms. The van der Waals surface area contributed by atoms with Gasteiger partial charge in [0.2, 0.25) is 10.0 Å². The van der Waals surface area contributed by atoms with Crippen molar-refractivity contribution < 1.29 is 31.1 Å². The first-order chi connectivity index (χ1) is 14.1. The van der Waals surface area contributed by atoms with Crippen molar-refractivity contribution in [1.82, 2.24) is 9.62 Å². The number of nitrogens with one attached hydrogen (secondary N) is 1. The molecule has 0 bridgehead atoms. The van der Waals surface area contributed by atoms with E-state index in [1.165, 1.54) is 0 Å². The standard InChI is InChI=1S/C20H22F4N2O3S/c21-16-7-8-19(18(10-16)20(22,23)24)30(28,29)25-11-14-4-1-2-5-15(14)12-26-9-3-6-17(26)13-27/h1-2,4-5,7-8,10,17,25,27H,3,6,9,11-13H2/t17-/m0/s1. The molecule has 1 heterocycles. The van der Waals surface area contributed by atoms with E-state index in [1.807, 2.05) is 6.07 Å². The van der Waals surface area contributed by atoms with Gasteiger partial charge in [-0.3, -0.25) is 4.90 Å². The fourth-order valence-electron chi connectivity index (χ4n) is 3.62. The normalized spacial score (nSPS) is 18.1. The van der Waals surface area contributed by atoms with Crippen molar-refractivity contribution in [2.45, 2.75) is 43.0 Å². The van der Waals surface area contributed by atoms with E-state index in [1.54, 1.807) is 18.2 Å². The molecule has 1 aliphatic heterocycles. The Kier molecular flexibility index (Phi) is 6.81. The number of aliphatic hydroxyl groups is 1. The summed E-state index contributed by atoms with van der Waals surface area (Å²) >= 11 is 0. The molecule has 3 rings (SSSR count). The van der Waals surface area contributed by atoms with Gasteiger partial charge in [0.1, 0.15) is 5.82 Å². The molecular weight excluding hydrogens is 424 g/mol. The first-order valence-corrected chi connectivity index (χ1v) is 10.9. The largest absolute Gasteiger partial charge is 0.417 e. The molecule has 1 saturated heterocycles. The molecule has 2 N–H and O–H groups in total. The topological polar surface area (TPSA) is 69.6 Å². The van der Waals surface area contributed by atoms with E-state index in [4.69, 9.17) is 0 Å². The lowest BCUT2D eigenvalue weighted by Crippen LogP contribution is -2.32. The second-order valence-corrected chi connectivity index (χ2v) is 8.92. The highest BCUT2D eigenvalue weighted by atomic mass is 32.2. The van der Waals surface area contributed by atoms with Crippen LogP contribution in [-0.2, 0) is 29.3 Å². The minimum absolute atomic E-state index is 0.0274. The summed E-state index contributed by atoms with van der Waals surface area (Å²) in [5.41, 5.74) is -0.123. The Bertz CT molecular complexity index is 996. The molecule has 30 heavy (non-hydrogen) atoms. The fourth-order valence-corrected chi connectivity index (χ4v) is 4.83. The van der Waals surface area contributed by atoms with Gasteiger partial charge in [-0.2, -0.15) is 13.2 Å². The van der Waals surface area contributed by atoms with Crippen LogP contribution in [0, 0.1) is 5.82 Å². The van der Waals surface area contributed by atoms with Crippen LogP contribution >= 0.6 is 0 Å². The Morgan fingerprint density at radius 3 is 2.50 bits per heavy atom. The fraction of sp³-hybridized carbons (Fsp3) is 0.400. The molecule has 2 aromatic rings. The Morgan fingerprint density at radius 1 is 1.13 bits per heavy atom. The third-order valence-corrected chi connectivity index (χ3v) is 6.65. The van der Waals surface area contributed by atoms with Crippen molar-refractivity contribution >= 4 is 10.0 Å². The van der Waals surface area contributed by atoms with Crippen molar-refractivity contribution in [3.63, 3.8) is 0 Å². The molecule has 0 unspecified atom stereocenters. The predicted octanol–water partition coefficient (Wildman–Crippen LogP) is 3.28. The van der Waals surface area contributed by atoms with Gasteiger partial charge in [0.05, 0.1) is 17.1 Å². The van der Waals surface area contributed by atoms with E-state index in [-0.39, 0.29) is 25.3 Å². The van der Waals surface area contributed by atoms with Gasteiger partial charge in [0.15, 0.2) is 0 Å². The Hall–Kier alpha value is -2.01. The maximum Gasteiger partial charge on any atom is 0.417 e. The summed E-state index contributed by atoms with van der Waals surface area (Å²) in [4.78, 5) is 1.07. The quantitative estimate of drug-likeness (QED) is 0.641. The van der Waals surface area contributed by atoms with E-state index in [0.29, 0.717) is 24.2 Å². The van der Waals surface area contributed by atoms with Gasteiger partial charge in [-0.05, 0) is 48.7 Å². The smallest absolute Gasteiger partial charge is 0.395 e. The number of alkyl halides is 3. The molecule has 0 saturated carbocycles. The highest BCUT2D eigenvalue weighted by Crippen LogP contribution is 2.34. The number of aliphatic hydroxyl groups excluding tert-OH is 1. The van der Waals surface area contributed by atoms with Crippen LogP contribution in [0.15, 0.2) is 47.4 Å². The molecule has 0 aromatic heterocycles. The van der Waals surface area contributed by atoms with E-state index in [0.717, 1.165) is 24.9 Å². The minimum atomic E-state index is -5.01. The summed E-state index contributed by atoms with van der Waals surface area (Å²) in [5, 5.41) is 9.48. The Morgan fingerprint density at radius 2 is 1.83 bits per heavy atom. The number of hydrogen-bond donors (Lipinski definition) is 2. The molecule has 1 fully saturated rings. The zero-order chi connectivity index (χ0) is 21.9. The van der Waals surface area contributed by atoms with Gasteiger partial charge in [0.25, 0.3) is 0 Å². The van der Waals surface area contributed by atoms with Crippen LogP contribution in [0.2, 0.25) is 0 Å². The second kappa shape index (κ2) is 9.01. The molecule has 1 atom stereocenters. The van der Waals surface area contributed by atoms with Crippen LogP contribution in [0.3, 0.4) is 0 Å². The highest BCUT2D eigenvalue weighted by Gasteiger charge is 2.37. The van der Waals surface area contributed by atoms with E-state index < -0.39 is 32.5 Å².